The third kappa shape index (κ3) is 8.86. The Bertz CT molecular complexity index is 279. The summed E-state index contributed by atoms with van der Waals surface area (Å²) < 4.78 is 5.35. The molecule has 0 amide bonds. The van der Waals surface area contributed by atoms with E-state index in [-0.39, 0.29) is 24.0 Å². The van der Waals surface area contributed by atoms with Crippen molar-refractivity contribution in [2.75, 3.05) is 40.4 Å². The van der Waals surface area contributed by atoms with Gasteiger partial charge in [-0.15, -0.1) is 24.0 Å². The van der Waals surface area contributed by atoms with E-state index in [2.05, 4.69) is 29.2 Å². The van der Waals surface area contributed by atoms with Gasteiger partial charge in [-0.2, -0.15) is 0 Å². The number of halogens is 1. The largest absolute Gasteiger partial charge is 0.382 e. The third-order valence-corrected chi connectivity index (χ3v) is 4.19. The molecule has 1 fully saturated rings. The molecule has 0 bridgehead atoms. The van der Waals surface area contributed by atoms with Crippen molar-refractivity contribution in [1.29, 1.82) is 0 Å². The van der Waals surface area contributed by atoms with Crippen LogP contribution in [0.4, 0.5) is 0 Å². The number of rotatable bonds is 7. The van der Waals surface area contributed by atoms with Gasteiger partial charge in [0.2, 0.25) is 0 Å². The van der Waals surface area contributed by atoms with Crippen LogP contribution in [0.5, 0.6) is 0 Å². The van der Waals surface area contributed by atoms with E-state index in [0.717, 1.165) is 50.5 Å². The zero-order valence-corrected chi connectivity index (χ0v) is 16.6. The van der Waals surface area contributed by atoms with E-state index in [1.54, 1.807) is 0 Å². The highest BCUT2D eigenvalue weighted by molar-refractivity contribution is 14.0. The molecule has 1 aliphatic rings. The van der Waals surface area contributed by atoms with Crippen LogP contribution in [0.3, 0.4) is 0 Å². The van der Waals surface area contributed by atoms with Gasteiger partial charge in [0.15, 0.2) is 5.96 Å². The monoisotopic (exact) mass is 411 g/mol. The first-order chi connectivity index (χ1) is 9.67. The fourth-order valence-corrected chi connectivity index (χ4v) is 2.89. The zero-order chi connectivity index (χ0) is 14.8. The Kier molecular flexibility index (Phi) is 12.5. The van der Waals surface area contributed by atoms with Gasteiger partial charge < -0.3 is 15.0 Å². The summed E-state index contributed by atoms with van der Waals surface area (Å²) in [7, 11) is 4.01. The average molecular weight is 411 g/mol. The smallest absolute Gasteiger partial charge is 0.193 e. The summed E-state index contributed by atoms with van der Waals surface area (Å²) in [5, 5.41) is 3.42. The maximum atomic E-state index is 5.35. The molecule has 1 saturated carbocycles. The molecule has 5 heteroatoms. The van der Waals surface area contributed by atoms with Crippen LogP contribution < -0.4 is 5.32 Å². The van der Waals surface area contributed by atoms with E-state index in [0.29, 0.717) is 0 Å². The molecule has 0 spiro atoms. The molecule has 0 unspecified atom stereocenters. The molecule has 0 radical (unpaired) electrons. The molecule has 1 aliphatic carbocycles. The van der Waals surface area contributed by atoms with Crippen molar-refractivity contribution in [3.63, 3.8) is 0 Å². The molecular formula is C16H34IN3O. The molecule has 126 valence electrons. The first-order valence-electron chi connectivity index (χ1n) is 8.16. The van der Waals surface area contributed by atoms with E-state index < -0.39 is 0 Å². The minimum atomic E-state index is 0. The van der Waals surface area contributed by atoms with Crippen LogP contribution >= 0.6 is 24.0 Å². The first kappa shape index (κ1) is 21.0. The Morgan fingerprint density at radius 1 is 1.29 bits per heavy atom. The van der Waals surface area contributed by atoms with Crippen LogP contribution in [0.25, 0.3) is 0 Å². The molecule has 0 aromatic heterocycles. The lowest BCUT2D eigenvalue weighted by Gasteiger charge is -2.31. The molecule has 0 saturated heterocycles. The summed E-state index contributed by atoms with van der Waals surface area (Å²) in [6, 6.07) is 0. The lowest BCUT2D eigenvalue weighted by Crippen LogP contribution is -2.42. The molecular weight excluding hydrogens is 377 g/mol. The zero-order valence-electron chi connectivity index (χ0n) is 14.2. The molecule has 0 heterocycles. The summed E-state index contributed by atoms with van der Waals surface area (Å²) in [5.74, 6) is 2.77. The molecule has 0 aromatic carbocycles. The van der Waals surface area contributed by atoms with Gasteiger partial charge in [-0.25, -0.2) is 0 Å². The highest BCUT2D eigenvalue weighted by Gasteiger charge is 2.20. The van der Waals surface area contributed by atoms with Crippen molar-refractivity contribution in [2.24, 2.45) is 16.8 Å². The van der Waals surface area contributed by atoms with Gasteiger partial charge in [0.25, 0.3) is 0 Å². The topological polar surface area (TPSA) is 36.9 Å². The maximum Gasteiger partial charge on any atom is 0.193 e. The highest BCUT2D eigenvalue weighted by atomic mass is 127. The van der Waals surface area contributed by atoms with Gasteiger partial charge in [-0.1, -0.05) is 19.8 Å². The van der Waals surface area contributed by atoms with Crippen molar-refractivity contribution in [3.05, 3.63) is 0 Å². The van der Waals surface area contributed by atoms with Gasteiger partial charge in [0.05, 0.1) is 0 Å². The minimum absolute atomic E-state index is 0. The Hall–Kier alpha value is -0.0400. The second kappa shape index (κ2) is 12.5. The van der Waals surface area contributed by atoms with Crippen molar-refractivity contribution < 1.29 is 4.74 Å². The van der Waals surface area contributed by atoms with E-state index in [1.165, 1.54) is 25.7 Å². The predicted octanol–water partition coefficient (Wildman–Crippen LogP) is 3.36. The first-order valence-corrected chi connectivity index (χ1v) is 8.16. The van der Waals surface area contributed by atoms with E-state index >= 15 is 0 Å². The normalized spacial score (nSPS) is 22.6. The van der Waals surface area contributed by atoms with Gasteiger partial charge in [0.1, 0.15) is 0 Å². The van der Waals surface area contributed by atoms with Crippen LogP contribution in [-0.4, -0.2) is 51.3 Å². The molecule has 1 rings (SSSR count). The summed E-state index contributed by atoms with van der Waals surface area (Å²) in [4.78, 5) is 6.66. The SMILES string of the molecule is CCOCCCNC(=NC)N(C)CC1CCC(C)CC1.I. The summed E-state index contributed by atoms with van der Waals surface area (Å²) in [6.07, 6.45) is 6.54. The molecule has 0 atom stereocenters. The quantitative estimate of drug-likeness (QED) is 0.302. The van der Waals surface area contributed by atoms with E-state index in [9.17, 15) is 0 Å². The molecule has 4 nitrogen and oxygen atoms in total. The lowest BCUT2D eigenvalue weighted by molar-refractivity contribution is 0.145. The highest BCUT2D eigenvalue weighted by Crippen LogP contribution is 2.28. The number of aliphatic imine (C=N–C) groups is 1. The van der Waals surface area contributed by atoms with Crippen molar-refractivity contribution in [1.82, 2.24) is 10.2 Å². The summed E-state index contributed by atoms with van der Waals surface area (Å²) in [6.45, 7) is 8.08. The summed E-state index contributed by atoms with van der Waals surface area (Å²) in [5.41, 5.74) is 0. The van der Waals surface area contributed by atoms with Crippen LogP contribution in [0.1, 0.15) is 46.0 Å². The minimum Gasteiger partial charge on any atom is -0.382 e. The predicted molar refractivity (Wildman–Crippen MR) is 102 cm³/mol. The Morgan fingerprint density at radius 2 is 1.95 bits per heavy atom. The van der Waals surface area contributed by atoms with Crippen molar-refractivity contribution >= 4 is 29.9 Å². The number of nitrogens with zero attached hydrogens (tertiary/aromatic N) is 2. The standard InChI is InChI=1S/C16H33N3O.HI/c1-5-20-12-6-11-18-16(17-3)19(4)13-15-9-7-14(2)8-10-15;/h14-15H,5-13H2,1-4H3,(H,17,18);1H. The Balaban J connectivity index is 0.00000400. The molecule has 0 aliphatic heterocycles. The van der Waals surface area contributed by atoms with Crippen LogP contribution in [0, 0.1) is 11.8 Å². The third-order valence-electron chi connectivity index (χ3n) is 4.19. The second-order valence-electron chi connectivity index (χ2n) is 6.03. The number of guanidine groups is 1. The van der Waals surface area contributed by atoms with Crippen molar-refractivity contribution in [2.45, 2.75) is 46.0 Å². The van der Waals surface area contributed by atoms with Crippen LogP contribution in [-0.2, 0) is 4.74 Å². The fourth-order valence-electron chi connectivity index (χ4n) is 2.89. The number of ether oxygens (including phenoxy) is 1. The van der Waals surface area contributed by atoms with Gasteiger partial charge in [-0.05, 0) is 38.0 Å². The van der Waals surface area contributed by atoms with Crippen LogP contribution in [0.15, 0.2) is 4.99 Å². The number of nitrogens with one attached hydrogen (secondary N) is 1. The van der Waals surface area contributed by atoms with Gasteiger partial charge in [-0.3, -0.25) is 4.99 Å². The fraction of sp³-hybridized carbons (Fsp3) is 0.938. The molecule has 0 aromatic rings. The molecule has 21 heavy (non-hydrogen) atoms. The van der Waals surface area contributed by atoms with E-state index in [4.69, 9.17) is 4.74 Å². The van der Waals surface area contributed by atoms with Crippen LogP contribution in [0.2, 0.25) is 0 Å². The van der Waals surface area contributed by atoms with Gasteiger partial charge >= 0.3 is 0 Å². The molecule has 1 N–H and O–H groups in total. The summed E-state index contributed by atoms with van der Waals surface area (Å²) >= 11 is 0. The Morgan fingerprint density at radius 3 is 2.52 bits per heavy atom. The number of hydrogen-bond acceptors (Lipinski definition) is 2. The average Bonchev–Trinajstić information content (AvgIpc) is 2.45. The number of hydrogen-bond donors (Lipinski definition) is 1. The maximum absolute atomic E-state index is 5.35. The Labute approximate surface area is 148 Å². The lowest BCUT2D eigenvalue weighted by atomic mass is 9.83. The second-order valence-corrected chi connectivity index (χ2v) is 6.03. The van der Waals surface area contributed by atoms with E-state index in [1.807, 2.05) is 14.0 Å². The van der Waals surface area contributed by atoms with Gasteiger partial charge in [0, 0.05) is 40.4 Å². The van der Waals surface area contributed by atoms with Crippen molar-refractivity contribution in [3.8, 4) is 0 Å².